The molecule has 0 saturated heterocycles. The first-order valence-electron chi connectivity index (χ1n) is 7.31. The van der Waals surface area contributed by atoms with Crippen molar-refractivity contribution in [3.8, 4) is 0 Å². The van der Waals surface area contributed by atoms with Crippen LogP contribution in [0, 0.1) is 5.92 Å². The fourth-order valence-electron chi connectivity index (χ4n) is 2.05. The smallest absolute Gasteiger partial charge is 0.222 e. The van der Waals surface area contributed by atoms with E-state index < -0.39 is 0 Å². The van der Waals surface area contributed by atoms with Crippen molar-refractivity contribution in [2.45, 2.75) is 25.7 Å². The molecule has 4 nitrogen and oxygen atoms in total. The molecule has 0 aliphatic heterocycles. The van der Waals surface area contributed by atoms with Crippen molar-refractivity contribution in [2.75, 3.05) is 32.5 Å². The van der Waals surface area contributed by atoms with Gasteiger partial charge in [0.2, 0.25) is 5.91 Å². The van der Waals surface area contributed by atoms with Crippen LogP contribution in [-0.2, 0) is 16.0 Å². The summed E-state index contributed by atoms with van der Waals surface area (Å²) in [6, 6.07) is 7.70. The van der Waals surface area contributed by atoms with Crippen LogP contribution in [0.15, 0.2) is 24.3 Å². The molecule has 0 atom stereocenters. The zero-order valence-electron chi connectivity index (χ0n) is 12.2. The van der Waals surface area contributed by atoms with Gasteiger partial charge >= 0.3 is 0 Å². The van der Waals surface area contributed by atoms with E-state index in [0.29, 0.717) is 19.6 Å². The van der Waals surface area contributed by atoms with Gasteiger partial charge in [0.1, 0.15) is 0 Å². The Balaban J connectivity index is 1.62. The van der Waals surface area contributed by atoms with Crippen molar-refractivity contribution in [1.29, 1.82) is 0 Å². The molecular formula is C16H24N2O2. The van der Waals surface area contributed by atoms with Crippen LogP contribution in [0.2, 0.25) is 0 Å². The Labute approximate surface area is 120 Å². The first-order valence-corrected chi connectivity index (χ1v) is 7.31. The SMILES string of the molecule is CN(CCOCC1CC1)C(=O)CCc1cccc(N)c1. The number of benzene rings is 1. The molecule has 1 aromatic carbocycles. The minimum Gasteiger partial charge on any atom is -0.399 e. The number of aryl methyl sites for hydroxylation is 1. The van der Waals surface area contributed by atoms with E-state index in [0.717, 1.165) is 30.2 Å². The zero-order chi connectivity index (χ0) is 14.4. The fourth-order valence-corrected chi connectivity index (χ4v) is 2.05. The fraction of sp³-hybridized carbons (Fsp3) is 0.562. The predicted octanol–water partition coefficient (Wildman–Crippen LogP) is 2.09. The van der Waals surface area contributed by atoms with Gasteiger partial charge in [-0.05, 0) is 42.9 Å². The molecule has 1 aromatic rings. The molecule has 2 N–H and O–H groups in total. The number of amides is 1. The van der Waals surface area contributed by atoms with E-state index in [1.165, 1.54) is 12.8 Å². The highest BCUT2D eigenvalue weighted by atomic mass is 16.5. The Morgan fingerprint density at radius 3 is 2.95 bits per heavy atom. The third-order valence-corrected chi connectivity index (χ3v) is 3.63. The summed E-state index contributed by atoms with van der Waals surface area (Å²) in [5, 5.41) is 0. The first-order chi connectivity index (χ1) is 9.65. The summed E-state index contributed by atoms with van der Waals surface area (Å²) in [5.41, 5.74) is 7.58. The summed E-state index contributed by atoms with van der Waals surface area (Å²) in [7, 11) is 1.84. The minimum absolute atomic E-state index is 0.155. The number of likely N-dealkylation sites (N-methyl/N-ethyl adjacent to an activating group) is 1. The van der Waals surface area contributed by atoms with Gasteiger partial charge in [-0.2, -0.15) is 0 Å². The van der Waals surface area contributed by atoms with E-state index in [1.807, 2.05) is 31.3 Å². The first kappa shape index (κ1) is 14.9. The third-order valence-electron chi connectivity index (χ3n) is 3.63. The summed E-state index contributed by atoms with van der Waals surface area (Å²) in [6.45, 7) is 2.16. The van der Waals surface area contributed by atoms with Gasteiger partial charge in [0, 0.05) is 32.3 Å². The van der Waals surface area contributed by atoms with Crippen LogP contribution in [0.1, 0.15) is 24.8 Å². The quantitative estimate of drug-likeness (QED) is 0.584. The van der Waals surface area contributed by atoms with Gasteiger partial charge in [0.05, 0.1) is 6.61 Å². The number of nitrogens with two attached hydrogens (primary N) is 1. The molecule has 1 aliphatic carbocycles. The Bertz CT molecular complexity index is 444. The molecular weight excluding hydrogens is 252 g/mol. The maximum atomic E-state index is 12.0. The van der Waals surface area contributed by atoms with Crippen LogP contribution in [0.4, 0.5) is 5.69 Å². The normalized spacial score (nSPS) is 14.2. The van der Waals surface area contributed by atoms with Gasteiger partial charge in [-0.15, -0.1) is 0 Å². The molecule has 1 fully saturated rings. The summed E-state index contributed by atoms with van der Waals surface area (Å²) in [5.74, 6) is 0.932. The van der Waals surface area contributed by atoms with Gasteiger partial charge in [0.15, 0.2) is 0 Å². The van der Waals surface area contributed by atoms with Crippen LogP contribution < -0.4 is 5.73 Å². The van der Waals surface area contributed by atoms with Crippen molar-refractivity contribution in [3.05, 3.63) is 29.8 Å². The summed E-state index contributed by atoms with van der Waals surface area (Å²) in [4.78, 5) is 13.7. The lowest BCUT2D eigenvalue weighted by atomic mass is 10.1. The highest BCUT2D eigenvalue weighted by molar-refractivity contribution is 5.76. The maximum Gasteiger partial charge on any atom is 0.222 e. The van der Waals surface area contributed by atoms with Crippen molar-refractivity contribution >= 4 is 11.6 Å². The summed E-state index contributed by atoms with van der Waals surface area (Å²) < 4.78 is 5.55. The third kappa shape index (κ3) is 5.21. The second kappa shape index (κ2) is 7.29. The van der Waals surface area contributed by atoms with Crippen molar-refractivity contribution in [1.82, 2.24) is 4.90 Å². The van der Waals surface area contributed by atoms with Crippen molar-refractivity contribution < 1.29 is 9.53 Å². The molecule has 1 aliphatic rings. The average Bonchev–Trinajstić information content (AvgIpc) is 3.25. The van der Waals surface area contributed by atoms with Gasteiger partial charge in [0.25, 0.3) is 0 Å². The Hall–Kier alpha value is -1.55. The van der Waals surface area contributed by atoms with Crippen LogP contribution in [0.3, 0.4) is 0 Å². The number of hydrogen-bond acceptors (Lipinski definition) is 3. The van der Waals surface area contributed by atoms with Gasteiger partial charge < -0.3 is 15.4 Å². The lowest BCUT2D eigenvalue weighted by Crippen LogP contribution is -2.30. The number of rotatable bonds is 8. The van der Waals surface area contributed by atoms with E-state index in [2.05, 4.69) is 0 Å². The van der Waals surface area contributed by atoms with Crippen molar-refractivity contribution in [2.24, 2.45) is 5.92 Å². The number of hydrogen-bond donors (Lipinski definition) is 1. The van der Waals surface area contributed by atoms with Crippen LogP contribution in [-0.4, -0.2) is 37.6 Å². The largest absolute Gasteiger partial charge is 0.399 e. The van der Waals surface area contributed by atoms with Crippen LogP contribution in [0.5, 0.6) is 0 Å². The minimum atomic E-state index is 0.155. The topological polar surface area (TPSA) is 55.6 Å². The molecule has 110 valence electrons. The zero-order valence-corrected chi connectivity index (χ0v) is 12.2. The molecule has 20 heavy (non-hydrogen) atoms. The molecule has 0 aromatic heterocycles. The Kier molecular flexibility index (Phi) is 5.41. The predicted molar refractivity (Wildman–Crippen MR) is 80.4 cm³/mol. The monoisotopic (exact) mass is 276 g/mol. The molecule has 0 heterocycles. The average molecular weight is 276 g/mol. The second-order valence-corrected chi connectivity index (χ2v) is 5.58. The van der Waals surface area contributed by atoms with Crippen LogP contribution in [0.25, 0.3) is 0 Å². The second-order valence-electron chi connectivity index (χ2n) is 5.58. The molecule has 1 saturated carbocycles. The molecule has 0 radical (unpaired) electrons. The number of anilines is 1. The standard InChI is InChI=1S/C16H24N2O2/c1-18(9-10-20-12-14-5-6-14)16(19)8-7-13-3-2-4-15(17)11-13/h2-4,11,14H,5-10,12,17H2,1H3. The lowest BCUT2D eigenvalue weighted by molar-refractivity contribution is -0.130. The molecule has 2 rings (SSSR count). The number of ether oxygens (including phenoxy) is 1. The summed E-state index contributed by atoms with van der Waals surface area (Å²) >= 11 is 0. The van der Waals surface area contributed by atoms with E-state index >= 15 is 0 Å². The number of carbonyl (C=O) groups is 1. The van der Waals surface area contributed by atoms with E-state index in [-0.39, 0.29) is 5.91 Å². The van der Waals surface area contributed by atoms with Crippen molar-refractivity contribution in [3.63, 3.8) is 0 Å². The maximum absolute atomic E-state index is 12.0. The highest BCUT2D eigenvalue weighted by Crippen LogP contribution is 2.28. The highest BCUT2D eigenvalue weighted by Gasteiger charge is 2.21. The van der Waals surface area contributed by atoms with Crippen LogP contribution >= 0.6 is 0 Å². The van der Waals surface area contributed by atoms with Gasteiger partial charge in [-0.25, -0.2) is 0 Å². The van der Waals surface area contributed by atoms with Gasteiger partial charge in [-0.1, -0.05) is 12.1 Å². The lowest BCUT2D eigenvalue weighted by Gasteiger charge is -2.17. The Morgan fingerprint density at radius 1 is 1.45 bits per heavy atom. The number of nitrogens with zero attached hydrogens (tertiary/aromatic N) is 1. The molecule has 1 amide bonds. The number of carbonyl (C=O) groups excluding carboxylic acids is 1. The van der Waals surface area contributed by atoms with E-state index in [9.17, 15) is 4.79 Å². The molecule has 0 unspecified atom stereocenters. The molecule has 0 spiro atoms. The van der Waals surface area contributed by atoms with E-state index in [1.54, 1.807) is 4.90 Å². The molecule has 4 heteroatoms. The van der Waals surface area contributed by atoms with Gasteiger partial charge in [-0.3, -0.25) is 4.79 Å². The molecule has 0 bridgehead atoms. The van der Waals surface area contributed by atoms with E-state index in [4.69, 9.17) is 10.5 Å². The number of nitrogen functional groups attached to an aromatic ring is 1. The Morgan fingerprint density at radius 2 is 2.25 bits per heavy atom. The summed E-state index contributed by atoms with van der Waals surface area (Å²) in [6.07, 6.45) is 3.85.